The van der Waals surface area contributed by atoms with E-state index in [9.17, 15) is 14.4 Å². The molecule has 0 aliphatic rings. The molecule has 0 spiro atoms. The summed E-state index contributed by atoms with van der Waals surface area (Å²) in [5, 5.41) is 0. The summed E-state index contributed by atoms with van der Waals surface area (Å²) in [5.41, 5.74) is 0. The molecule has 0 bridgehead atoms. The number of carbonyl (C=O) groups excluding carboxylic acids is 3. The van der Waals surface area contributed by atoms with Crippen molar-refractivity contribution in [2.45, 2.75) is 253 Å². The summed E-state index contributed by atoms with van der Waals surface area (Å²) in [7, 11) is 0. The molecule has 6 heteroatoms. The Labute approximate surface area is 323 Å². The highest BCUT2D eigenvalue weighted by molar-refractivity contribution is 5.71. The summed E-state index contributed by atoms with van der Waals surface area (Å²) in [6, 6.07) is 0. The minimum atomic E-state index is -0.760. The molecule has 0 N–H and O–H groups in total. The molecule has 0 rings (SSSR count). The summed E-state index contributed by atoms with van der Waals surface area (Å²) in [4.78, 5) is 37.7. The Morgan fingerprint density at radius 3 is 1.00 bits per heavy atom. The third-order valence-corrected chi connectivity index (χ3v) is 10.9. The molecule has 0 aromatic carbocycles. The average molecular weight is 737 g/mol. The number of hydrogen-bond acceptors (Lipinski definition) is 6. The van der Waals surface area contributed by atoms with Gasteiger partial charge in [0, 0.05) is 19.3 Å². The van der Waals surface area contributed by atoms with Crippen molar-refractivity contribution in [3.63, 3.8) is 0 Å². The third kappa shape index (κ3) is 36.8. The van der Waals surface area contributed by atoms with Gasteiger partial charge in [0.2, 0.25) is 0 Å². The Bertz CT molecular complexity index is 798. The number of carbonyl (C=O) groups is 3. The van der Waals surface area contributed by atoms with Crippen LogP contribution >= 0.6 is 0 Å². The van der Waals surface area contributed by atoms with Gasteiger partial charge in [0.1, 0.15) is 13.2 Å². The van der Waals surface area contributed by atoms with Crippen molar-refractivity contribution in [1.82, 2.24) is 0 Å². The highest BCUT2D eigenvalue weighted by atomic mass is 16.6. The Balaban J connectivity index is 4.36. The molecular formula is C46H88O6. The predicted molar refractivity (Wildman–Crippen MR) is 220 cm³/mol. The van der Waals surface area contributed by atoms with Crippen LogP contribution in [-0.2, 0) is 28.6 Å². The first-order chi connectivity index (χ1) is 25.3. The zero-order valence-electron chi connectivity index (χ0n) is 35.4. The number of rotatable bonds is 40. The number of hydrogen-bond donors (Lipinski definition) is 0. The van der Waals surface area contributed by atoms with Gasteiger partial charge in [-0.05, 0) is 31.1 Å². The van der Waals surface area contributed by atoms with Crippen molar-refractivity contribution in [2.24, 2.45) is 11.8 Å². The maximum atomic E-state index is 12.7. The number of unbranched alkanes of at least 4 members (excludes halogenated alkanes) is 23. The fourth-order valence-electron chi connectivity index (χ4n) is 6.69. The van der Waals surface area contributed by atoms with Crippen LogP contribution in [0, 0.1) is 11.8 Å². The summed E-state index contributed by atoms with van der Waals surface area (Å²) in [6.45, 7) is 11.3. The van der Waals surface area contributed by atoms with Gasteiger partial charge in [-0.25, -0.2) is 0 Å². The summed E-state index contributed by atoms with van der Waals surface area (Å²) in [5.74, 6) is 0.831. The number of esters is 3. The van der Waals surface area contributed by atoms with Crippen LogP contribution in [0.4, 0.5) is 0 Å². The first-order valence-electron chi connectivity index (χ1n) is 22.8. The van der Waals surface area contributed by atoms with E-state index in [1.54, 1.807) is 0 Å². The lowest BCUT2D eigenvalue weighted by molar-refractivity contribution is -0.167. The molecule has 0 radical (unpaired) electrons. The molecule has 0 heterocycles. The monoisotopic (exact) mass is 737 g/mol. The average Bonchev–Trinajstić information content (AvgIpc) is 3.14. The molecule has 52 heavy (non-hydrogen) atoms. The van der Waals surface area contributed by atoms with E-state index in [0.29, 0.717) is 19.3 Å². The minimum Gasteiger partial charge on any atom is -0.462 e. The molecule has 0 saturated heterocycles. The predicted octanol–water partition coefficient (Wildman–Crippen LogP) is 14.2. The van der Waals surface area contributed by atoms with E-state index < -0.39 is 6.10 Å². The zero-order valence-corrected chi connectivity index (χ0v) is 35.4. The van der Waals surface area contributed by atoms with Crippen molar-refractivity contribution < 1.29 is 28.6 Å². The van der Waals surface area contributed by atoms with Crippen LogP contribution in [0.25, 0.3) is 0 Å². The normalized spacial score (nSPS) is 13.1. The first kappa shape index (κ1) is 50.4. The van der Waals surface area contributed by atoms with Crippen LogP contribution in [0.5, 0.6) is 0 Å². The van der Waals surface area contributed by atoms with Crippen molar-refractivity contribution in [3.05, 3.63) is 0 Å². The topological polar surface area (TPSA) is 78.9 Å². The number of ether oxygens (including phenoxy) is 3. The lowest BCUT2D eigenvalue weighted by atomic mass is 9.99. The smallest absolute Gasteiger partial charge is 0.306 e. The van der Waals surface area contributed by atoms with Gasteiger partial charge in [0.15, 0.2) is 6.10 Å². The fraction of sp³-hybridized carbons (Fsp3) is 0.935. The highest BCUT2D eigenvalue weighted by Gasteiger charge is 2.19. The maximum Gasteiger partial charge on any atom is 0.306 e. The van der Waals surface area contributed by atoms with Gasteiger partial charge in [0.05, 0.1) is 0 Å². The molecule has 0 aliphatic carbocycles. The van der Waals surface area contributed by atoms with Gasteiger partial charge in [-0.2, -0.15) is 0 Å². The Hall–Kier alpha value is -1.59. The fourth-order valence-corrected chi connectivity index (χ4v) is 6.69. The lowest BCUT2D eigenvalue weighted by Crippen LogP contribution is -2.30. The SMILES string of the molecule is CCCCCCCCCCCCC(=O)OC[C@@H](COC(=O)CCCCCCCCCCC(C)CC)OC(=O)CCCCCCCCCCC(C)CC. The Morgan fingerprint density at radius 1 is 0.385 bits per heavy atom. The van der Waals surface area contributed by atoms with Crippen LogP contribution in [0.1, 0.15) is 247 Å². The van der Waals surface area contributed by atoms with Gasteiger partial charge >= 0.3 is 17.9 Å². The molecule has 0 aliphatic heterocycles. The second-order valence-electron chi connectivity index (χ2n) is 16.2. The summed E-state index contributed by atoms with van der Waals surface area (Å²) < 4.78 is 16.7. The third-order valence-electron chi connectivity index (χ3n) is 10.9. The van der Waals surface area contributed by atoms with E-state index >= 15 is 0 Å². The molecule has 0 aromatic heterocycles. The summed E-state index contributed by atoms with van der Waals surface area (Å²) >= 11 is 0. The molecule has 0 amide bonds. The van der Waals surface area contributed by atoms with E-state index in [0.717, 1.165) is 69.6 Å². The molecule has 0 saturated carbocycles. The van der Waals surface area contributed by atoms with E-state index in [4.69, 9.17) is 14.2 Å². The lowest BCUT2D eigenvalue weighted by Gasteiger charge is -2.18. The van der Waals surface area contributed by atoms with Crippen LogP contribution in [0.15, 0.2) is 0 Å². The molecule has 0 aromatic rings. The first-order valence-corrected chi connectivity index (χ1v) is 22.8. The molecule has 0 fully saturated rings. The molecular weight excluding hydrogens is 648 g/mol. The Morgan fingerprint density at radius 2 is 0.673 bits per heavy atom. The summed E-state index contributed by atoms with van der Waals surface area (Å²) in [6.07, 6.45) is 36.5. The molecule has 2 unspecified atom stereocenters. The van der Waals surface area contributed by atoms with Crippen LogP contribution in [0.3, 0.4) is 0 Å². The van der Waals surface area contributed by atoms with Crippen molar-refractivity contribution in [2.75, 3.05) is 13.2 Å². The molecule has 6 nitrogen and oxygen atoms in total. The highest BCUT2D eigenvalue weighted by Crippen LogP contribution is 2.17. The van der Waals surface area contributed by atoms with Crippen molar-refractivity contribution in [1.29, 1.82) is 0 Å². The zero-order chi connectivity index (χ0) is 38.3. The molecule has 3 atom stereocenters. The Kier molecular flexibility index (Phi) is 37.9. The second-order valence-corrected chi connectivity index (χ2v) is 16.2. The van der Waals surface area contributed by atoms with Gasteiger partial charge in [-0.1, -0.05) is 208 Å². The molecule has 308 valence electrons. The van der Waals surface area contributed by atoms with Gasteiger partial charge in [-0.3, -0.25) is 14.4 Å². The largest absolute Gasteiger partial charge is 0.462 e. The van der Waals surface area contributed by atoms with Crippen LogP contribution in [0.2, 0.25) is 0 Å². The van der Waals surface area contributed by atoms with Crippen LogP contribution < -0.4 is 0 Å². The van der Waals surface area contributed by atoms with E-state index in [1.165, 1.54) is 135 Å². The minimum absolute atomic E-state index is 0.0655. The quantitative estimate of drug-likeness (QED) is 0.0354. The van der Waals surface area contributed by atoms with E-state index in [2.05, 4.69) is 34.6 Å². The van der Waals surface area contributed by atoms with Gasteiger partial charge < -0.3 is 14.2 Å². The van der Waals surface area contributed by atoms with Gasteiger partial charge in [0.25, 0.3) is 0 Å². The van der Waals surface area contributed by atoms with Crippen molar-refractivity contribution in [3.8, 4) is 0 Å². The van der Waals surface area contributed by atoms with E-state index in [-0.39, 0.29) is 31.1 Å². The van der Waals surface area contributed by atoms with Gasteiger partial charge in [-0.15, -0.1) is 0 Å². The van der Waals surface area contributed by atoms with E-state index in [1.807, 2.05) is 0 Å². The standard InChI is InChI=1S/C46H88O6/c1-6-9-10-11-12-13-14-21-26-31-36-44(47)50-39-43(52-46(49)38-33-28-23-18-16-20-25-30-35-42(5)8-3)40-51-45(48)37-32-27-22-17-15-19-24-29-34-41(4)7-2/h41-43H,6-40H2,1-5H3/t41?,42?,43-/m0/s1. The second kappa shape index (κ2) is 39.1. The van der Waals surface area contributed by atoms with Crippen molar-refractivity contribution >= 4 is 17.9 Å². The van der Waals surface area contributed by atoms with Crippen LogP contribution in [-0.4, -0.2) is 37.2 Å². The maximum absolute atomic E-state index is 12.7.